The minimum atomic E-state index is -0.222. The standard InChI is InChI=1S/C27H35N5O2/c1-30-11-13-32(14-12-30)21-10-6-9-20(16-21)31(2)27(34)23-17-22-24(15-19-7-4-3-5-8-19)28-29-25(22)18-26(23)33/h6,9-10,16-19,33H,3-5,7-8,11-15H2,1-2H3,(H,28,29). The summed E-state index contributed by atoms with van der Waals surface area (Å²) in [4.78, 5) is 19.8. The Morgan fingerprint density at radius 2 is 1.88 bits per heavy atom. The molecule has 0 unspecified atom stereocenters. The molecule has 1 aliphatic heterocycles. The molecule has 5 rings (SSSR count). The Morgan fingerprint density at radius 1 is 1.12 bits per heavy atom. The number of hydrogen-bond donors (Lipinski definition) is 2. The zero-order chi connectivity index (χ0) is 23.7. The summed E-state index contributed by atoms with van der Waals surface area (Å²) < 4.78 is 0. The van der Waals surface area contributed by atoms with Gasteiger partial charge in [0.2, 0.25) is 0 Å². The Labute approximate surface area is 201 Å². The van der Waals surface area contributed by atoms with Gasteiger partial charge in [0.25, 0.3) is 5.91 Å². The van der Waals surface area contributed by atoms with E-state index < -0.39 is 0 Å². The van der Waals surface area contributed by atoms with Crippen LogP contribution in [0.3, 0.4) is 0 Å². The molecule has 0 atom stereocenters. The Morgan fingerprint density at radius 3 is 2.65 bits per heavy atom. The molecule has 2 fully saturated rings. The molecule has 0 radical (unpaired) electrons. The SMILES string of the molecule is CN1CCN(c2cccc(N(C)C(=O)c3cc4c(CC5CCCCC5)[nH]nc4cc3O)c2)CC1. The molecule has 1 amide bonds. The second-order valence-electron chi connectivity index (χ2n) is 9.97. The van der Waals surface area contributed by atoms with Crippen molar-refractivity contribution in [3.05, 3.63) is 47.7 Å². The van der Waals surface area contributed by atoms with E-state index in [2.05, 4.69) is 39.2 Å². The van der Waals surface area contributed by atoms with Crippen LogP contribution in [0.1, 0.15) is 48.2 Å². The smallest absolute Gasteiger partial charge is 0.261 e. The number of hydrogen-bond acceptors (Lipinski definition) is 5. The molecule has 1 saturated carbocycles. The van der Waals surface area contributed by atoms with Gasteiger partial charge in [0.05, 0.1) is 11.1 Å². The number of phenols is 1. The van der Waals surface area contributed by atoms with Crippen LogP contribution >= 0.6 is 0 Å². The molecule has 180 valence electrons. The van der Waals surface area contributed by atoms with Crippen LogP contribution in [0, 0.1) is 5.92 Å². The summed E-state index contributed by atoms with van der Waals surface area (Å²) in [6.07, 6.45) is 7.35. The van der Waals surface area contributed by atoms with Gasteiger partial charge in [0.1, 0.15) is 5.75 Å². The average Bonchev–Trinajstić information content (AvgIpc) is 3.25. The minimum Gasteiger partial charge on any atom is -0.507 e. The maximum absolute atomic E-state index is 13.5. The molecule has 1 aromatic heterocycles. The molecule has 7 heteroatoms. The molecule has 2 aliphatic rings. The normalized spacial score (nSPS) is 17.9. The summed E-state index contributed by atoms with van der Waals surface area (Å²) in [6, 6.07) is 11.5. The zero-order valence-corrected chi connectivity index (χ0v) is 20.3. The quantitative estimate of drug-likeness (QED) is 0.588. The van der Waals surface area contributed by atoms with Crippen LogP contribution in [0.15, 0.2) is 36.4 Å². The second kappa shape index (κ2) is 9.66. The lowest BCUT2D eigenvalue weighted by Crippen LogP contribution is -2.44. The molecule has 34 heavy (non-hydrogen) atoms. The van der Waals surface area contributed by atoms with Gasteiger partial charge >= 0.3 is 0 Å². The number of rotatable bonds is 5. The van der Waals surface area contributed by atoms with Crippen molar-refractivity contribution in [1.82, 2.24) is 15.1 Å². The van der Waals surface area contributed by atoms with Crippen molar-refractivity contribution in [2.45, 2.75) is 38.5 Å². The van der Waals surface area contributed by atoms with Gasteiger partial charge in [0.15, 0.2) is 0 Å². The first-order valence-corrected chi connectivity index (χ1v) is 12.5. The van der Waals surface area contributed by atoms with Crippen molar-refractivity contribution in [3.63, 3.8) is 0 Å². The largest absolute Gasteiger partial charge is 0.507 e. The van der Waals surface area contributed by atoms with Crippen molar-refractivity contribution in [3.8, 4) is 5.75 Å². The predicted octanol–water partition coefficient (Wildman–Crippen LogP) is 4.42. The second-order valence-corrected chi connectivity index (χ2v) is 9.97. The van der Waals surface area contributed by atoms with Gasteiger partial charge in [-0.05, 0) is 43.7 Å². The average molecular weight is 462 g/mol. The number of piperazine rings is 1. The van der Waals surface area contributed by atoms with Crippen molar-refractivity contribution in [2.75, 3.05) is 50.1 Å². The number of H-pyrrole nitrogens is 1. The Bertz CT molecular complexity index is 1160. The van der Waals surface area contributed by atoms with E-state index in [1.165, 1.54) is 32.1 Å². The monoisotopic (exact) mass is 461 g/mol. The van der Waals surface area contributed by atoms with Gasteiger partial charge in [0, 0.05) is 61.7 Å². The van der Waals surface area contributed by atoms with Crippen LogP contribution in [-0.2, 0) is 6.42 Å². The van der Waals surface area contributed by atoms with E-state index in [4.69, 9.17) is 0 Å². The fraction of sp³-hybridized carbons (Fsp3) is 0.481. The van der Waals surface area contributed by atoms with Gasteiger partial charge in [-0.25, -0.2) is 0 Å². The molecule has 0 bridgehead atoms. The number of phenolic OH excluding ortho intramolecular Hbond substituents is 1. The lowest BCUT2D eigenvalue weighted by molar-refractivity contribution is 0.0990. The molecule has 1 saturated heterocycles. The number of benzene rings is 2. The number of aromatic amines is 1. The number of carbonyl (C=O) groups excluding carboxylic acids is 1. The van der Waals surface area contributed by atoms with Crippen molar-refractivity contribution in [2.24, 2.45) is 5.92 Å². The molecule has 2 heterocycles. The first-order valence-electron chi connectivity index (χ1n) is 12.5. The van der Waals surface area contributed by atoms with E-state index in [1.807, 2.05) is 18.2 Å². The van der Waals surface area contributed by atoms with Crippen LogP contribution in [0.25, 0.3) is 10.9 Å². The van der Waals surface area contributed by atoms with Crippen LogP contribution in [0.5, 0.6) is 5.75 Å². The molecule has 0 spiro atoms. The van der Waals surface area contributed by atoms with Crippen molar-refractivity contribution >= 4 is 28.2 Å². The first-order chi connectivity index (χ1) is 16.5. The summed E-state index contributed by atoms with van der Waals surface area (Å²) in [5.74, 6) is 0.403. The molecular weight excluding hydrogens is 426 g/mol. The predicted molar refractivity (Wildman–Crippen MR) is 137 cm³/mol. The third-order valence-corrected chi connectivity index (χ3v) is 7.59. The number of likely N-dealkylation sites (N-methyl/N-ethyl adjacent to an activating group) is 1. The lowest BCUT2D eigenvalue weighted by Gasteiger charge is -2.34. The molecule has 1 aliphatic carbocycles. The number of fused-ring (bicyclic) bond motifs is 1. The number of carbonyl (C=O) groups is 1. The van der Waals surface area contributed by atoms with E-state index in [0.29, 0.717) is 17.0 Å². The topological polar surface area (TPSA) is 75.7 Å². The highest BCUT2D eigenvalue weighted by Crippen LogP contribution is 2.32. The maximum atomic E-state index is 13.5. The van der Waals surface area contributed by atoms with E-state index >= 15 is 0 Å². The Balaban J connectivity index is 1.38. The fourth-order valence-electron chi connectivity index (χ4n) is 5.37. The van der Waals surface area contributed by atoms with E-state index in [9.17, 15) is 9.90 Å². The molecule has 3 aromatic rings. The van der Waals surface area contributed by atoms with E-state index in [1.54, 1.807) is 18.0 Å². The molecular formula is C27H35N5O2. The van der Waals surface area contributed by atoms with Gasteiger partial charge < -0.3 is 19.8 Å². The van der Waals surface area contributed by atoms with Crippen molar-refractivity contribution in [1.29, 1.82) is 0 Å². The number of aromatic nitrogens is 2. The van der Waals surface area contributed by atoms with Gasteiger partial charge in [-0.1, -0.05) is 38.2 Å². The molecule has 7 nitrogen and oxygen atoms in total. The number of amides is 1. The number of anilines is 2. The highest BCUT2D eigenvalue weighted by atomic mass is 16.3. The summed E-state index contributed by atoms with van der Waals surface area (Å²) in [6.45, 7) is 4.00. The van der Waals surface area contributed by atoms with Gasteiger partial charge in [-0.15, -0.1) is 0 Å². The summed E-state index contributed by atoms with van der Waals surface area (Å²) >= 11 is 0. The van der Waals surface area contributed by atoms with E-state index in [-0.39, 0.29) is 11.7 Å². The van der Waals surface area contributed by atoms with Gasteiger partial charge in [-0.2, -0.15) is 5.10 Å². The van der Waals surface area contributed by atoms with Crippen LogP contribution in [-0.4, -0.2) is 66.4 Å². The maximum Gasteiger partial charge on any atom is 0.261 e. The summed E-state index contributed by atoms with van der Waals surface area (Å²) in [5.41, 5.74) is 4.02. The minimum absolute atomic E-state index is 0.0321. The third-order valence-electron chi connectivity index (χ3n) is 7.59. The van der Waals surface area contributed by atoms with Crippen LogP contribution in [0.4, 0.5) is 11.4 Å². The molecule has 2 N–H and O–H groups in total. The Hall–Kier alpha value is -3.06. The highest BCUT2D eigenvalue weighted by molar-refractivity contribution is 6.09. The number of aromatic hydroxyl groups is 1. The van der Waals surface area contributed by atoms with Crippen LogP contribution < -0.4 is 9.80 Å². The summed E-state index contributed by atoms with van der Waals surface area (Å²) in [7, 11) is 3.91. The fourth-order valence-corrected chi connectivity index (χ4v) is 5.37. The first kappa shape index (κ1) is 22.7. The Kier molecular flexibility index (Phi) is 6.46. The highest BCUT2D eigenvalue weighted by Gasteiger charge is 2.23. The lowest BCUT2D eigenvalue weighted by atomic mass is 9.85. The zero-order valence-electron chi connectivity index (χ0n) is 20.3. The van der Waals surface area contributed by atoms with E-state index in [0.717, 1.165) is 55.1 Å². The number of nitrogens with zero attached hydrogens (tertiary/aromatic N) is 4. The van der Waals surface area contributed by atoms with Gasteiger partial charge in [-0.3, -0.25) is 9.89 Å². The third kappa shape index (κ3) is 4.62. The number of nitrogens with one attached hydrogen (secondary N) is 1. The molecule has 2 aromatic carbocycles. The van der Waals surface area contributed by atoms with Crippen LogP contribution in [0.2, 0.25) is 0 Å². The summed E-state index contributed by atoms with van der Waals surface area (Å²) in [5, 5.41) is 19.2. The van der Waals surface area contributed by atoms with Crippen molar-refractivity contribution < 1.29 is 9.90 Å².